The van der Waals surface area contributed by atoms with E-state index in [-0.39, 0.29) is 12.5 Å². The largest absolute Gasteiger partial charge is 0.481 e. The third-order valence-corrected chi connectivity index (χ3v) is 2.81. The fourth-order valence-corrected chi connectivity index (χ4v) is 2.06. The second kappa shape index (κ2) is 7.36. The number of carboxylic acid groups (broad SMARTS) is 2. The molecular weight excluding hydrogens is 234 g/mol. The third-order valence-electron chi connectivity index (χ3n) is 2.81. The number of carboxylic acids is 2. The van der Waals surface area contributed by atoms with E-state index in [1.807, 2.05) is 27.7 Å². The van der Waals surface area contributed by atoms with Crippen LogP contribution in [-0.2, 0) is 9.59 Å². The van der Waals surface area contributed by atoms with Crippen molar-refractivity contribution in [1.82, 2.24) is 4.90 Å². The molecule has 0 aromatic rings. The van der Waals surface area contributed by atoms with Crippen LogP contribution in [0.2, 0.25) is 0 Å². The molecule has 0 spiro atoms. The summed E-state index contributed by atoms with van der Waals surface area (Å²) in [5.74, 6) is -2.10. The molecule has 0 fully saturated rings. The summed E-state index contributed by atoms with van der Waals surface area (Å²) in [6.07, 6.45) is 0. The quantitative estimate of drug-likeness (QED) is 0.694. The first-order valence-electron chi connectivity index (χ1n) is 6.36. The second-order valence-electron chi connectivity index (χ2n) is 5.61. The van der Waals surface area contributed by atoms with Crippen LogP contribution < -0.4 is 0 Å². The van der Waals surface area contributed by atoms with E-state index in [4.69, 9.17) is 5.11 Å². The van der Waals surface area contributed by atoms with Crippen LogP contribution in [0.15, 0.2) is 0 Å². The zero-order valence-corrected chi connectivity index (χ0v) is 11.9. The predicted molar refractivity (Wildman–Crippen MR) is 69.5 cm³/mol. The molecule has 0 bridgehead atoms. The number of hydrogen-bond donors (Lipinski definition) is 2. The van der Waals surface area contributed by atoms with Gasteiger partial charge in [-0.2, -0.15) is 0 Å². The van der Waals surface area contributed by atoms with Crippen molar-refractivity contribution in [2.45, 2.75) is 40.7 Å². The van der Waals surface area contributed by atoms with Gasteiger partial charge in [-0.25, -0.2) is 0 Å². The zero-order chi connectivity index (χ0) is 14.5. The van der Waals surface area contributed by atoms with Crippen LogP contribution in [0, 0.1) is 17.8 Å². The summed E-state index contributed by atoms with van der Waals surface area (Å²) in [6.45, 7) is 10.1. The summed E-state index contributed by atoms with van der Waals surface area (Å²) in [7, 11) is 0. The minimum absolute atomic E-state index is 0.0535. The van der Waals surface area contributed by atoms with Gasteiger partial charge in [0.1, 0.15) is 6.04 Å². The van der Waals surface area contributed by atoms with Crippen LogP contribution >= 0.6 is 0 Å². The number of carbonyl (C=O) groups is 2. The molecule has 0 heterocycles. The summed E-state index contributed by atoms with van der Waals surface area (Å²) in [6, 6.07) is -0.630. The minimum Gasteiger partial charge on any atom is -0.481 e. The molecule has 5 heteroatoms. The Labute approximate surface area is 109 Å². The van der Waals surface area contributed by atoms with E-state index in [0.717, 1.165) is 0 Å². The monoisotopic (exact) mass is 259 g/mol. The lowest BCUT2D eigenvalue weighted by Crippen LogP contribution is -2.48. The van der Waals surface area contributed by atoms with Gasteiger partial charge < -0.3 is 10.2 Å². The molecule has 106 valence electrons. The van der Waals surface area contributed by atoms with Gasteiger partial charge in [-0.15, -0.1) is 0 Å². The Bertz CT molecular complexity index is 289. The van der Waals surface area contributed by atoms with Crippen LogP contribution in [0.1, 0.15) is 34.6 Å². The fraction of sp³-hybridized carbons (Fsp3) is 0.846. The number of aliphatic carboxylic acids is 2. The van der Waals surface area contributed by atoms with Crippen LogP contribution in [0.5, 0.6) is 0 Å². The molecule has 0 aromatic heterocycles. The molecule has 0 aliphatic rings. The minimum atomic E-state index is -0.892. The summed E-state index contributed by atoms with van der Waals surface area (Å²) >= 11 is 0. The molecule has 2 atom stereocenters. The van der Waals surface area contributed by atoms with E-state index in [2.05, 4.69) is 0 Å². The van der Waals surface area contributed by atoms with E-state index >= 15 is 0 Å². The van der Waals surface area contributed by atoms with Gasteiger partial charge in [0, 0.05) is 13.1 Å². The third kappa shape index (κ3) is 5.49. The SMILES string of the molecule is CC(C)CN(CC(C)C(=O)O)C(C(=O)O)C(C)C. The number of rotatable bonds is 8. The molecule has 0 aromatic carbocycles. The highest BCUT2D eigenvalue weighted by atomic mass is 16.4. The van der Waals surface area contributed by atoms with Crippen molar-refractivity contribution in [1.29, 1.82) is 0 Å². The lowest BCUT2D eigenvalue weighted by molar-refractivity contribution is -0.149. The van der Waals surface area contributed by atoms with Gasteiger partial charge in [0.2, 0.25) is 0 Å². The highest BCUT2D eigenvalue weighted by molar-refractivity contribution is 5.74. The molecule has 0 rings (SSSR count). The lowest BCUT2D eigenvalue weighted by atomic mass is 9.99. The Kier molecular flexibility index (Phi) is 6.91. The van der Waals surface area contributed by atoms with Crippen molar-refractivity contribution < 1.29 is 19.8 Å². The van der Waals surface area contributed by atoms with Crippen LogP contribution in [0.4, 0.5) is 0 Å². The predicted octanol–water partition coefficient (Wildman–Crippen LogP) is 1.77. The van der Waals surface area contributed by atoms with Crippen molar-refractivity contribution in [2.75, 3.05) is 13.1 Å². The number of hydrogen-bond acceptors (Lipinski definition) is 3. The summed E-state index contributed by atoms with van der Waals surface area (Å²) in [5, 5.41) is 18.2. The standard InChI is InChI=1S/C13H25NO4/c1-8(2)6-14(7-10(5)12(15)16)11(9(3)4)13(17)18/h8-11H,6-7H2,1-5H3,(H,15,16)(H,17,18). The molecule has 0 saturated heterocycles. The second-order valence-corrected chi connectivity index (χ2v) is 5.61. The van der Waals surface area contributed by atoms with Crippen molar-refractivity contribution in [2.24, 2.45) is 17.8 Å². The zero-order valence-electron chi connectivity index (χ0n) is 11.9. The molecule has 0 aliphatic heterocycles. The fourth-order valence-electron chi connectivity index (χ4n) is 2.06. The molecule has 0 radical (unpaired) electrons. The van der Waals surface area contributed by atoms with Crippen LogP contribution in [0.3, 0.4) is 0 Å². The van der Waals surface area contributed by atoms with Gasteiger partial charge in [-0.1, -0.05) is 34.6 Å². The molecule has 0 saturated carbocycles. The van der Waals surface area contributed by atoms with E-state index in [0.29, 0.717) is 12.5 Å². The number of nitrogens with zero attached hydrogens (tertiary/aromatic N) is 1. The van der Waals surface area contributed by atoms with Crippen LogP contribution in [0.25, 0.3) is 0 Å². The molecule has 5 nitrogen and oxygen atoms in total. The van der Waals surface area contributed by atoms with Crippen molar-refractivity contribution in [3.63, 3.8) is 0 Å². The van der Waals surface area contributed by atoms with Crippen molar-refractivity contribution in [3.05, 3.63) is 0 Å². The Morgan fingerprint density at radius 1 is 0.944 bits per heavy atom. The molecular formula is C13H25NO4. The van der Waals surface area contributed by atoms with E-state index in [1.165, 1.54) is 0 Å². The maximum atomic E-state index is 11.3. The highest BCUT2D eigenvalue weighted by Crippen LogP contribution is 2.16. The molecule has 2 unspecified atom stereocenters. The van der Waals surface area contributed by atoms with Gasteiger partial charge >= 0.3 is 11.9 Å². The van der Waals surface area contributed by atoms with Gasteiger partial charge in [0.15, 0.2) is 0 Å². The van der Waals surface area contributed by atoms with E-state index in [9.17, 15) is 14.7 Å². The Balaban J connectivity index is 4.94. The van der Waals surface area contributed by atoms with Gasteiger partial charge in [0.05, 0.1) is 5.92 Å². The first-order chi connectivity index (χ1) is 8.16. The van der Waals surface area contributed by atoms with Gasteiger partial charge in [0.25, 0.3) is 0 Å². The maximum absolute atomic E-state index is 11.3. The summed E-state index contributed by atoms with van der Waals surface area (Å²) in [5.41, 5.74) is 0. The summed E-state index contributed by atoms with van der Waals surface area (Å²) < 4.78 is 0. The summed E-state index contributed by atoms with van der Waals surface area (Å²) in [4.78, 5) is 24.0. The van der Waals surface area contributed by atoms with Gasteiger partial charge in [-0.3, -0.25) is 14.5 Å². The normalized spacial score (nSPS) is 15.1. The Morgan fingerprint density at radius 2 is 1.44 bits per heavy atom. The van der Waals surface area contributed by atoms with E-state index in [1.54, 1.807) is 11.8 Å². The van der Waals surface area contributed by atoms with E-state index < -0.39 is 23.9 Å². The topological polar surface area (TPSA) is 77.8 Å². The Morgan fingerprint density at radius 3 is 1.72 bits per heavy atom. The molecule has 18 heavy (non-hydrogen) atoms. The highest BCUT2D eigenvalue weighted by Gasteiger charge is 2.31. The average Bonchev–Trinajstić information content (AvgIpc) is 2.14. The van der Waals surface area contributed by atoms with Crippen molar-refractivity contribution >= 4 is 11.9 Å². The average molecular weight is 259 g/mol. The maximum Gasteiger partial charge on any atom is 0.321 e. The molecule has 0 aliphatic carbocycles. The first-order valence-corrected chi connectivity index (χ1v) is 6.36. The smallest absolute Gasteiger partial charge is 0.321 e. The van der Waals surface area contributed by atoms with Crippen LogP contribution in [-0.4, -0.2) is 46.2 Å². The molecule has 2 N–H and O–H groups in total. The van der Waals surface area contributed by atoms with Gasteiger partial charge in [-0.05, 0) is 11.8 Å². The Hall–Kier alpha value is -1.10. The molecule has 0 amide bonds. The first kappa shape index (κ1) is 16.9. The van der Waals surface area contributed by atoms with Crippen molar-refractivity contribution in [3.8, 4) is 0 Å². The lowest BCUT2D eigenvalue weighted by Gasteiger charge is -2.33.